The second-order valence-electron chi connectivity index (χ2n) is 4.35. The summed E-state index contributed by atoms with van der Waals surface area (Å²) >= 11 is 0. The van der Waals surface area contributed by atoms with E-state index in [0.717, 1.165) is 21.8 Å². The Balaban J connectivity index is 2.04. The highest BCUT2D eigenvalue weighted by Crippen LogP contribution is 2.70. The summed E-state index contributed by atoms with van der Waals surface area (Å²) < 4.78 is 27.6. The number of aromatic amines is 1. The summed E-state index contributed by atoms with van der Waals surface area (Å²) in [4.78, 5) is 3.26. The Kier molecular flexibility index (Phi) is 1.23. The molecule has 1 unspecified atom stereocenters. The number of nitrogens with one attached hydrogen (secondary N) is 1. The first-order valence-electron chi connectivity index (χ1n) is 5.50. The lowest BCUT2D eigenvalue weighted by Crippen LogP contribution is -1.97. The predicted molar refractivity (Wildman–Crippen MR) is 65.3 cm³/mol. The van der Waals surface area contributed by atoms with Crippen molar-refractivity contribution in [3.63, 3.8) is 0 Å². The molecule has 88 valence electrons. The maximum absolute atomic E-state index is 11.9. The lowest BCUT2D eigenvalue weighted by Gasteiger charge is -2.09. The molecule has 3 aromatic rings. The molecule has 0 saturated carbocycles. The number of hydrogen-bond acceptors (Lipinski definition) is 4. The fourth-order valence-electron chi connectivity index (χ4n) is 2.56. The first-order chi connectivity index (χ1) is 8.73. The number of para-hydroxylation sites is 1. The van der Waals surface area contributed by atoms with Crippen molar-refractivity contribution in [2.24, 2.45) is 0 Å². The van der Waals surface area contributed by atoms with Crippen LogP contribution in [0.5, 0.6) is 17.2 Å². The Labute approximate surface area is 101 Å². The third-order valence-corrected chi connectivity index (χ3v) is 4.53. The number of rotatable bonds is 0. The summed E-state index contributed by atoms with van der Waals surface area (Å²) in [6, 6.07) is 9.76. The molecule has 0 saturated heterocycles. The molecule has 0 radical (unpaired) electrons. The van der Waals surface area contributed by atoms with Crippen molar-refractivity contribution in [2.45, 2.75) is 0 Å². The topological polar surface area (TPSA) is 60.6 Å². The fourth-order valence-corrected chi connectivity index (χ4v) is 3.84. The van der Waals surface area contributed by atoms with Gasteiger partial charge in [0.05, 0.1) is 5.52 Å². The number of H-pyrrole nitrogens is 1. The predicted octanol–water partition coefficient (Wildman–Crippen LogP) is 3.59. The van der Waals surface area contributed by atoms with Crippen LogP contribution in [0, 0.1) is 0 Å². The van der Waals surface area contributed by atoms with Crippen LogP contribution in [0.2, 0.25) is 0 Å². The Morgan fingerprint density at radius 1 is 1.00 bits per heavy atom. The number of phosphoric ester groups is 1. The van der Waals surface area contributed by atoms with Gasteiger partial charge < -0.3 is 18.6 Å². The molecule has 5 rings (SSSR count). The minimum absolute atomic E-state index is 0.442. The van der Waals surface area contributed by atoms with Crippen LogP contribution >= 0.6 is 7.82 Å². The third-order valence-electron chi connectivity index (χ3n) is 3.30. The molecular formula is C12H6NO4P. The molecule has 0 amide bonds. The van der Waals surface area contributed by atoms with Crippen molar-refractivity contribution in [3.8, 4) is 17.2 Å². The minimum Gasteiger partial charge on any atom is -0.382 e. The summed E-state index contributed by atoms with van der Waals surface area (Å²) in [6.07, 6.45) is 0. The standard InChI is InChI=1S/C12H6NO4P/c14-18-15-9-5-7-6-3-1-2-4-8(6)13-10(7)12(17-18)11(9)16-18/h1-5,13H. The van der Waals surface area contributed by atoms with Crippen LogP contribution < -0.4 is 13.6 Å². The van der Waals surface area contributed by atoms with Gasteiger partial charge in [0.1, 0.15) is 0 Å². The van der Waals surface area contributed by atoms with Crippen molar-refractivity contribution in [1.29, 1.82) is 0 Å². The molecule has 6 heteroatoms. The summed E-state index contributed by atoms with van der Waals surface area (Å²) in [5, 5.41) is 2.06. The molecular weight excluding hydrogens is 253 g/mol. The van der Waals surface area contributed by atoms with E-state index in [2.05, 4.69) is 4.98 Å². The van der Waals surface area contributed by atoms with Gasteiger partial charge >= 0.3 is 7.82 Å². The number of benzene rings is 2. The molecule has 2 aromatic carbocycles. The highest BCUT2D eigenvalue weighted by Gasteiger charge is 2.51. The number of phosphoric acid groups is 1. The van der Waals surface area contributed by atoms with Crippen molar-refractivity contribution in [2.75, 3.05) is 0 Å². The average molecular weight is 259 g/mol. The van der Waals surface area contributed by atoms with Crippen LogP contribution in [0.25, 0.3) is 21.8 Å². The zero-order chi connectivity index (χ0) is 11.9. The van der Waals surface area contributed by atoms with Gasteiger partial charge in [-0.3, -0.25) is 0 Å². The van der Waals surface area contributed by atoms with Crippen LogP contribution in [-0.4, -0.2) is 4.98 Å². The zero-order valence-corrected chi connectivity index (χ0v) is 9.86. The van der Waals surface area contributed by atoms with E-state index in [-0.39, 0.29) is 0 Å². The van der Waals surface area contributed by atoms with Crippen molar-refractivity contribution in [3.05, 3.63) is 30.3 Å². The average Bonchev–Trinajstić information content (AvgIpc) is 2.96. The van der Waals surface area contributed by atoms with Crippen LogP contribution in [0.15, 0.2) is 30.3 Å². The first-order valence-corrected chi connectivity index (χ1v) is 6.96. The molecule has 0 spiro atoms. The molecule has 2 bridgehead atoms. The molecule has 18 heavy (non-hydrogen) atoms. The maximum Gasteiger partial charge on any atom is 0.647 e. The van der Waals surface area contributed by atoms with E-state index < -0.39 is 7.82 Å². The lowest BCUT2D eigenvalue weighted by atomic mass is 10.1. The van der Waals surface area contributed by atoms with Crippen molar-refractivity contribution in [1.82, 2.24) is 4.98 Å². The quantitative estimate of drug-likeness (QED) is 0.626. The normalized spacial score (nSPS) is 23.1. The molecule has 0 aliphatic carbocycles. The number of hydrogen-bond donors (Lipinski definition) is 1. The lowest BCUT2D eigenvalue weighted by molar-refractivity contribution is 0.355. The van der Waals surface area contributed by atoms with E-state index >= 15 is 0 Å². The molecule has 2 aliphatic heterocycles. The molecule has 5 nitrogen and oxygen atoms in total. The van der Waals surface area contributed by atoms with E-state index in [0.29, 0.717) is 17.2 Å². The number of aromatic nitrogens is 1. The molecule has 3 heterocycles. The van der Waals surface area contributed by atoms with Gasteiger partial charge in [-0.05, 0) is 12.1 Å². The van der Waals surface area contributed by atoms with E-state index in [4.69, 9.17) is 13.6 Å². The Hall–Kier alpha value is -2.13. The van der Waals surface area contributed by atoms with Crippen molar-refractivity contribution < 1.29 is 18.1 Å². The van der Waals surface area contributed by atoms with Crippen molar-refractivity contribution >= 4 is 29.6 Å². The second-order valence-corrected chi connectivity index (χ2v) is 5.79. The largest absolute Gasteiger partial charge is 0.647 e. The minimum atomic E-state index is -3.42. The third kappa shape index (κ3) is 0.854. The fraction of sp³-hybridized carbons (Fsp3) is 0. The maximum atomic E-state index is 11.9. The Bertz CT molecular complexity index is 898. The number of fused-ring (bicyclic) bond motifs is 5. The monoisotopic (exact) mass is 259 g/mol. The van der Waals surface area contributed by atoms with E-state index in [9.17, 15) is 4.57 Å². The van der Waals surface area contributed by atoms with Crippen LogP contribution in [0.3, 0.4) is 0 Å². The van der Waals surface area contributed by atoms with Crippen LogP contribution in [0.4, 0.5) is 0 Å². The Morgan fingerprint density at radius 2 is 1.83 bits per heavy atom. The van der Waals surface area contributed by atoms with Gasteiger partial charge in [0.25, 0.3) is 0 Å². The smallest absolute Gasteiger partial charge is 0.382 e. The van der Waals surface area contributed by atoms with Gasteiger partial charge in [0.2, 0.25) is 11.5 Å². The second kappa shape index (κ2) is 2.49. The van der Waals surface area contributed by atoms with Gasteiger partial charge in [-0.25, -0.2) is 0 Å². The van der Waals surface area contributed by atoms with Gasteiger partial charge in [-0.15, -0.1) is 0 Å². The zero-order valence-electron chi connectivity index (χ0n) is 8.97. The first kappa shape index (κ1) is 8.89. The van der Waals surface area contributed by atoms with E-state index in [1.54, 1.807) is 0 Å². The summed E-state index contributed by atoms with van der Waals surface area (Å²) in [7, 11) is -3.42. The molecule has 1 aromatic heterocycles. The van der Waals surface area contributed by atoms with Gasteiger partial charge in [0.15, 0.2) is 5.75 Å². The molecule has 2 aliphatic rings. The van der Waals surface area contributed by atoms with Gasteiger partial charge in [-0.1, -0.05) is 18.2 Å². The van der Waals surface area contributed by atoms with Crippen LogP contribution in [-0.2, 0) is 4.57 Å². The highest BCUT2D eigenvalue weighted by molar-refractivity contribution is 7.50. The Morgan fingerprint density at radius 3 is 2.72 bits per heavy atom. The molecule has 0 fully saturated rings. The van der Waals surface area contributed by atoms with Gasteiger partial charge in [0, 0.05) is 16.3 Å². The summed E-state index contributed by atoms with van der Waals surface area (Å²) in [6.45, 7) is 0. The summed E-state index contributed by atoms with van der Waals surface area (Å²) in [5.74, 6) is 1.43. The van der Waals surface area contributed by atoms with E-state index in [1.165, 1.54) is 0 Å². The SMILES string of the molecule is O=P12Oc3cc4c([nH]c5ccccc54)c(c3O1)O2. The molecule has 1 N–H and O–H groups in total. The summed E-state index contributed by atoms with van der Waals surface area (Å²) in [5.41, 5.74) is 1.80. The molecule has 1 atom stereocenters. The van der Waals surface area contributed by atoms with Crippen LogP contribution in [0.1, 0.15) is 0 Å². The van der Waals surface area contributed by atoms with E-state index in [1.807, 2.05) is 30.3 Å². The highest BCUT2D eigenvalue weighted by atomic mass is 31.2. The van der Waals surface area contributed by atoms with Gasteiger partial charge in [-0.2, -0.15) is 4.57 Å².